The van der Waals surface area contributed by atoms with Gasteiger partial charge in [0.2, 0.25) is 0 Å². The van der Waals surface area contributed by atoms with Crippen molar-refractivity contribution in [3.63, 3.8) is 0 Å². The van der Waals surface area contributed by atoms with Gasteiger partial charge in [0, 0.05) is 12.7 Å². The van der Waals surface area contributed by atoms with Crippen LogP contribution in [-0.2, 0) is 10.3 Å². The number of para-hydroxylation sites is 1. The third-order valence-corrected chi connectivity index (χ3v) is 4.56. The van der Waals surface area contributed by atoms with E-state index in [1.165, 1.54) is 12.8 Å². The molecule has 1 fully saturated rings. The van der Waals surface area contributed by atoms with Crippen molar-refractivity contribution in [3.05, 3.63) is 29.8 Å². The molecule has 1 saturated carbocycles. The van der Waals surface area contributed by atoms with Crippen LogP contribution >= 0.6 is 0 Å². The monoisotopic (exact) mass is 292 g/mol. The van der Waals surface area contributed by atoms with Crippen LogP contribution in [0.5, 0.6) is 5.75 Å². The van der Waals surface area contributed by atoms with E-state index >= 15 is 0 Å². The number of benzene rings is 1. The molecule has 21 heavy (non-hydrogen) atoms. The lowest BCUT2D eigenvalue weighted by Crippen LogP contribution is -2.32. The first-order valence-electron chi connectivity index (χ1n) is 8.13. The highest BCUT2D eigenvalue weighted by atomic mass is 16.5. The highest BCUT2D eigenvalue weighted by Gasteiger charge is 2.36. The first kappa shape index (κ1) is 16.3. The molecule has 1 aliphatic rings. The molecule has 0 aromatic heterocycles. The number of hydrogen-bond acceptors (Lipinski definition) is 3. The molecule has 0 atom stereocenters. The first-order valence-corrected chi connectivity index (χ1v) is 8.13. The van der Waals surface area contributed by atoms with Gasteiger partial charge in [0.15, 0.2) is 0 Å². The molecule has 0 bridgehead atoms. The zero-order valence-corrected chi connectivity index (χ0v) is 13.3. The molecule has 0 unspecified atom stereocenters. The number of rotatable bonds is 7. The fourth-order valence-electron chi connectivity index (χ4n) is 3.33. The van der Waals surface area contributed by atoms with Crippen molar-refractivity contribution >= 4 is 0 Å². The number of methoxy groups -OCH3 is 1. The maximum atomic E-state index is 11.1. The second-order valence-electron chi connectivity index (χ2n) is 6.10. The molecule has 3 nitrogen and oxygen atoms in total. The quantitative estimate of drug-likeness (QED) is 0.775. The maximum Gasteiger partial charge on any atom is 0.125 e. The summed E-state index contributed by atoms with van der Waals surface area (Å²) in [6, 6.07) is 7.88. The fourth-order valence-corrected chi connectivity index (χ4v) is 3.33. The third-order valence-electron chi connectivity index (χ3n) is 4.56. The van der Waals surface area contributed by atoms with Crippen molar-refractivity contribution in [2.75, 3.05) is 20.3 Å². The molecule has 118 valence electrons. The predicted octanol–water partition coefficient (Wildman–Crippen LogP) is 3.89. The Bertz CT molecular complexity index is 422. The summed E-state index contributed by atoms with van der Waals surface area (Å²) in [5, 5.41) is 11.1. The Balaban J connectivity index is 2.06. The van der Waals surface area contributed by atoms with Crippen LogP contribution in [0.25, 0.3) is 0 Å². The fraction of sp³-hybridized carbons (Fsp3) is 0.667. The van der Waals surface area contributed by atoms with Crippen LogP contribution in [0.3, 0.4) is 0 Å². The summed E-state index contributed by atoms with van der Waals surface area (Å²) < 4.78 is 10.8. The van der Waals surface area contributed by atoms with Crippen molar-refractivity contribution in [1.29, 1.82) is 0 Å². The van der Waals surface area contributed by atoms with Crippen LogP contribution in [0.2, 0.25) is 0 Å². The molecule has 1 aliphatic carbocycles. The molecular weight excluding hydrogens is 264 g/mol. The lowest BCUT2D eigenvalue weighted by atomic mass is 9.74. The van der Waals surface area contributed by atoms with E-state index in [4.69, 9.17) is 9.47 Å². The maximum absolute atomic E-state index is 11.1. The van der Waals surface area contributed by atoms with Gasteiger partial charge in [0.1, 0.15) is 12.4 Å². The largest absolute Gasteiger partial charge is 0.491 e. The van der Waals surface area contributed by atoms with Crippen molar-refractivity contribution in [1.82, 2.24) is 0 Å². The van der Waals surface area contributed by atoms with Gasteiger partial charge in [-0.2, -0.15) is 0 Å². The minimum atomic E-state index is -0.728. The molecule has 1 N–H and O–H groups in total. The summed E-state index contributed by atoms with van der Waals surface area (Å²) in [5.74, 6) is 1.57. The second kappa shape index (κ2) is 7.81. The van der Waals surface area contributed by atoms with E-state index in [0.29, 0.717) is 13.2 Å². The lowest BCUT2D eigenvalue weighted by Gasteiger charge is -2.37. The second-order valence-corrected chi connectivity index (χ2v) is 6.10. The molecule has 0 aliphatic heterocycles. The van der Waals surface area contributed by atoms with Gasteiger partial charge in [-0.1, -0.05) is 38.0 Å². The van der Waals surface area contributed by atoms with Crippen LogP contribution in [0.1, 0.15) is 51.0 Å². The Labute approximate surface area is 128 Å². The molecular formula is C18H28O3. The third kappa shape index (κ3) is 4.21. The Morgan fingerprint density at radius 2 is 1.90 bits per heavy atom. The van der Waals surface area contributed by atoms with E-state index in [2.05, 4.69) is 6.92 Å². The van der Waals surface area contributed by atoms with Crippen LogP contribution in [0.15, 0.2) is 24.3 Å². The van der Waals surface area contributed by atoms with Gasteiger partial charge in [-0.25, -0.2) is 0 Å². The smallest absolute Gasteiger partial charge is 0.125 e. The van der Waals surface area contributed by atoms with E-state index in [0.717, 1.165) is 42.9 Å². The summed E-state index contributed by atoms with van der Waals surface area (Å²) in [7, 11) is 1.66. The number of ether oxygens (including phenoxy) is 2. The van der Waals surface area contributed by atoms with Gasteiger partial charge in [-0.15, -0.1) is 0 Å². The summed E-state index contributed by atoms with van der Waals surface area (Å²) in [6.45, 7) is 3.31. The zero-order chi connectivity index (χ0) is 15.1. The lowest BCUT2D eigenvalue weighted by molar-refractivity contribution is -0.0177. The van der Waals surface area contributed by atoms with Crippen molar-refractivity contribution in [2.45, 2.75) is 51.0 Å². The van der Waals surface area contributed by atoms with Crippen LogP contribution < -0.4 is 4.74 Å². The minimum Gasteiger partial charge on any atom is -0.491 e. The van der Waals surface area contributed by atoms with Crippen LogP contribution in [0.4, 0.5) is 0 Å². The van der Waals surface area contributed by atoms with Crippen LogP contribution in [-0.4, -0.2) is 25.4 Å². The Morgan fingerprint density at radius 1 is 1.19 bits per heavy atom. The Kier molecular flexibility index (Phi) is 6.07. The van der Waals surface area contributed by atoms with Gasteiger partial charge in [0.05, 0.1) is 12.2 Å². The molecule has 0 amide bonds. The average molecular weight is 292 g/mol. The van der Waals surface area contributed by atoms with Crippen molar-refractivity contribution < 1.29 is 14.6 Å². The summed E-state index contributed by atoms with van der Waals surface area (Å²) >= 11 is 0. The standard InChI is InChI=1S/C18H28O3/c1-3-6-15-9-11-18(19,12-10-15)16-7-4-5-8-17(16)21-14-13-20-2/h4-5,7-8,15,19H,3,6,9-14H2,1-2H3. The molecule has 3 heteroatoms. The van der Waals surface area contributed by atoms with E-state index in [1.807, 2.05) is 24.3 Å². The summed E-state index contributed by atoms with van der Waals surface area (Å²) in [4.78, 5) is 0. The highest BCUT2D eigenvalue weighted by Crippen LogP contribution is 2.43. The zero-order valence-electron chi connectivity index (χ0n) is 13.3. The molecule has 0 saturated heterocycles. The molecule has 2 rings (SSSR count). The van der Waals surface area contributed by atoms with E-state index in [9.17, 15) is 5.11 Å². The van der Waals surface area contributed by atoms with E-state index < -0.39 is 5.60 Å². The van der Waals surface area contributed by atoms with Gasteiger partial charge < -0.3 is 14.6 Å². The normalized spacial score (nSPS) is 25.8. The first-order chi connectivity index (χ1) is 10.2. The van der Waals surface area contributed by atoms with Crippen LogP contribution in [0, 0.1) is 5.92 Å². The van der Waals surface area contributed by atoms with E-state index in [1.54, 1.807) is 7.11 Å². The highest BCUT2D eigenvalue weighted by molar-refractivity contribution is 5.38. The van der Waals surface area contributed by atoms with Crippen molar-refractivity contribution in [3.8, 4) is 5.75 Å². The Morgan fingerprint density at radius 3 is 2.57 bits per heavy atom. The molecule has 0 radical (unpaired) electrons. The number of aliphatic hydroxyl groups is 1. The van der Waals surface area contributed by atoms with Gasteiger partial charge in [-0.05, 0) is 37.7 Å². The summed E-state index contributed by atoms with van der Waals surface area (Å²) in [5.41, 5.74) is 0.213. The average Bonchev–Trinajstić information content (AvgIpc) is 2.51. The summed E-state index contributed by atoms with van der Waals surface area (Å²) in [6.07, 6.45) is 6.40. The molecule has 0 spiro atoms. The molecule has 1 aromatic carbocycles. The molecule has 1 aromatic rings. The minimum absolute atomic E-state index is 0.516. The van der Waals surface area contributed by atoms with Gasteiger partial charge in [0.25, 0.3) is 0 Å². The predicted molar refractivity (Wildman–Crippen MR) is 84.6 cm³/mol. The van der Waals surface area contributed by atoms with Gasteiger partial charge >= 0.3 is 0 Å². The number of hydrogen-bond donors (Lipinski definition) is 1. The molecule has 0 heterocycles. The topological polar surface area (TPSA) is 38.7 Å². The van der Waals surface area contributed by atoms with Crippen molar-refractivity contribution in [2.24, 2.45) is 5.92 Å². The van der Waals surface area contributed by atoms with Gasteiger partial charge in [-0.3, -0.25) is 0 Å². The SMILES string of the molecule is CCCC1CCC(O)(c2ccccc2OCCOC)CC1. The van der Waals surface area contributed by atoms with E-state index in [-0.39, 0.29) is 0 Å². The Hall–Kier alpha value is -1.06.